The predicted molar refractivity (Wildman–Crippen MR) is 64.9 cm³/mol. The molecule has 18 heavy (non-hydrogen) atoms. The molecule has 0 fully saturated rings. The summed E-state index contributed by atoms with van der Waals surface area (Å²) in [4.78, 5) is 15.5. The zero-order chi connectivity index (χ0) is 13.1. The monoisotopic (exact) mass is 249 g/mol. The molecule has 7 heteroatoms. The largest absolute Gasteiger partial charge is 0.461 e. The number of ether oxygens (including phenoxy) is 1. The van der Waals surface area contributed by atoms with Crippen LogP contribution in [0.15, 0.2) is 18.6 Å². The lowest BCUT2D eigenvalue weighted by atomic mass is 10.4. The number of rotatable bonds is 4. The van der Waals surface area contributed by atoms with Crippen LogP contribution >= 0.6 is 0 Å². The molecule has 0 amide bonds. The first-order valence-electron chi connectivity index (χ1n) is 5.58. The van der Waals surface area contributed by atoms with Crippen LogP contribution in [0.2, 0.25) is 0 Å². The van der Waals surface area contributed by atoms with Crippen LogP contribution in [0.3, 0.4) is 0 Å². The topological polar surface area (TPSA) is 88.0 Å². The van der Waals surface area contributed by atoms with Gasteiger partial charge in [0.15, 0.2) is 5.69 Å². The van der Waals surface area contributed by atoms with Gasteiger partial charge in [0.1, 0.15) is 5.82 Å². The van der Waals surface area contributed by atoms with Gasteiger partial charge in [-0.05, 0) is 13.0 Å². The standard InChI is InChI=1S/C11H15N5O2/c1-3-18-11(17)9-10(12)16(7-13-9)6-8-4-5-14-15(8)2/h4-5,7H,3,6,12H2,1-2H3. The Labute approximate surface area is 104 Å². The fourth-order valence-electron chi connectivity index (χ4n) is 1.61. The minimum absolute atomic E-state index is 0.152. The van der Waals surface area contributed by atoms with Gasteiger partial charge < -0.3 is 15.0 Å². The molecule has 0 bridgehead atoms. The lowest BCUT2D eigenvalue weighted by molar-refractivity contribution is 0.0521. The number of nitrogens with two attached hydrogens (primary N) is 1. The van der Waals surface area contributed by atoms with Gasteiger partial charge in [-0.2, -0.15) is 5.10 Å². The predicted octanol–water partition coefficient (Wildman–Crippen LogP) is 0.424. The fourth-order valence-corrected chi connectivity index (χ4v) is 1.61. The fraction of sp³-hybridized carbons (Fsp3) is 0.364. The minimum atomic E-state index is -0.501. The summed E-state index contributed by atoms with van der Waals surface area (Å²) in [5, 5.41) is 4.06. The Morgan fingerprint density at radius 3 is 2.94 bits per heavy atom. The molecular formula is C11H15N5O2. The zero-order valence-corrected chi connectivity index (χ0v) is 10.3. The number of anilines is 1. The molecule has 0 atom stereocenters. The zero-order valence-electron chi connectivity index (χ0n) is 10.3. The van der Waals surface area contributed by atoms with E-state index in [0.29, 0.717) is 19.0 Å². The van der Waals surface area contributed by atoms with E-state index in [4.69, 9.17) is 10.5 Å². The van der Waals surface area contributed by atoms with Crippen molar-refractivity contribution >= 4 is 11.8 Å². The van der Waals surface area contributed by atoms with E-state index < -0.39 is 5.97 Å². The highest BCUT2D eigenvalue weighted by Crippen LogP contribution is 2.13. The first-order chi connectivity index (χ1) is 8.63. The first kappa shape index (κ1) is 12.2. The Bertz CT molecular complexity index is 558. The van der Waals surface area contributed by atoms with Crippen LogP contribution in [0.4, 0.5) is 5.82 Å². The lowest BCUT2D eigenvalue weighted by Crippen LogP contribution is -2.11. The summed E-state index contributed by atoms with van der Waals surface area (Å²) in [5.74, 6) is -0.201. The van der Waals surface area contributed by atoms with Crippen LogP contribution in [0.1, 0.15) is 23.1 Å². The van der Waals surface area contributed by atoms with Crippen molar-refractivity contribution in [3.05, 3.63) is 30.0 Å². The number of aromatic nitrogens is 4. The van der Waals surface area contributed by atoms with Crippen molar-refractivity contribution in [1.29, 1.82) is 0 Å². The molecule has 0 aliphatic heterocycles. The minimum Gasteiger partial charge on any atom is -0.461 e. The van der Waals surface area contributed by atoms with E-state index in [0.717, 1.165) is 5.69 Å². The summed E-state index contributed by atoms with van der Waals surface area (Å²) in [5.41, 5.74) is 6.99. The van der Waals surface area contributed by atoms with Crippen LogP contribution in [-0.4, -0.2) is 31.9 Å². The van der Waals surface area contributed by atoms with Crippen molar-refractivity contribution < 1.29 is 9.53 Å². The molecule has 2 rings (SSSR count). The van der Waals surface area contributed by atoms with E-state index in [2.05, 4.69) is 10.1 Å². The SMILES string of the molecule is CCOC(=O)c1ncn(Cc2ccnn2C)c1N. The summed E-state index contributed by atoms with van der Waals surface area (Å²) in [6.07, 6.45) is 3.23. The maximum Gasteiger partial charge on any atom is 0.360 e. The normalized spacial score (nSPS) is 10.6. The molecule has 0 saturated heterocycles. The third-order valence-electron chi connectivity index (χ3n) is 2.60. The highest BCUT2D eigenvalue weighted by Gasteiger charge is 2.17. The molecule has 0 saturated carbocycles. The van der Waals surface area contributed by atoms with Gasteiger partial charge in [-0.15, -0.1) is 0 Å². The smallest absolute Gasteiger partial charge is 0.360 e. The van der Waals surface area contributed by atoms with E-state index in [-0.39, 0.29) is 5.69 Å². The Morgan fingerprint density at radius 1 is 1.56 bits per heavy atom. The van der Waals surface area contributed by atoms with E-state index >= 15 is 0 Å². The second-order valence-electron chi connectivity index (χ2n) is 3.77. The van der Waals surface area contributed by atoms with E-state index in [1.54, 1.807) is 22.4 Å². The van der Waals surface area contributed by atoms with Gasteiger partial charge in [0, 0.05) is 13.2 Å². The highest BCUT2D eigenvalue weighted by atomic mass is 16.5. The van der Waals surface area contributed by atoms with Gasteiger partial charge in [0.2, 0.25) is 0 Å². The average Bonchev–Trinajstić information content (AvgIpc) is 2.89. The molecule has 96 valence electrons. The van der Waals surface area contributed by atoms with Gasteiger partial charge in [-0.3, -0.25) is 4.68 Å². The molecule has 0 radical (unpaired) electrons. The van der Waals surface area contributed by atoms with Gasteiger partial charge in [0.25, 0.3) is 0 Å². The maximum atomic E-state index is 11.6. The average molecular weight is 249 g/mol. The first-order valence-corrected chi connectivity index (χ1v) is 5.58. The molecule has 0 aliphatic carbocycles. The summed E-state index contributed by atoms with van der Waals surface area (Å²) in [6, 6.07) is 1.88. The molecule has 2 aromatic heterocycles. The Morgan fingerprint density at radius 2 is 2.33 bits per heavy atom. The van der Waals surface area contributed by atoms with Crippen molar-refractivity contribution in [3.63, 3.8) is 0 Å². The summed E-state index contributed by atoms with van der Waals surface area (Å²) < 4.78 is 8.29. The van der Waals surface area contributed by atoms with E-state index in [9.17, 15) is 4.79 Å². The number of aryl methyl sites for hydroxylation is 1. The van der Waals surface area contributed by atoms with Crippen molar-refractivity contribution in [3.8, 4) is 0 Å². The number of carbonyl (C=O) groups excluding carboxylic acids is 1. The Hall–Kier alpha value is -2.31. The Balaban J connectivity index is 2.21. The second-order valence-corrected chi connectivity index (χ2v) is 3.77. The molecule has 0 spiro atoms. The highest BCUT2D eigenvalue weighted by molar-refractivity contribution is 5.92. The number of esters is 1. The Kier molecular flexibility index (Phi) is 3.31. The molecule has 2 heterocycles. The molecule has 2 aromatic rings. The van der Waals surface area contributed by atoms with Crippen molar-refractivity contribution in [2.45, 2.75) is 13.5 Å². The van der Waals surface area contributed by atoms with E-state index in [1.807, 2.05) is 13.1 Å². The van der Waals surface area contributed by atoms with Crippen LogP contribution in [-0.2, 0) is 18.3 Å². The maximum absolute atomic E-state index is 11.6. The number of hydrogen-bond acceptors (Lipinski definition) is 5. The summed E-state index contributed by atoms with van der Waals surface area (Å²) in [6.45, 7) is 2.54. The number of imidazole rings is 1. The van der Waals surface area contributed by atoms with Crippen LogP contribution < -0.4 is 5.73 Å². The van der Waals surface area contributed by atoms with Crippen LogP contribution in [0.25, 0.3) is 0 Å². The molecule has 0 unspecified atom stereocenters. The number of nitrogens with zero attached hydrogens (tertiary/aromatic N) is 4. The van der Waals surface area contributed by atoms with E-state index in [1.165, 1.54) is 6.33 Å². The molecule has 7 nitrogen and oxygen atoms in total. The number of carbonyl (C=O) groups is 1. The van der Waals surface area contributed by atoms with Crippen LogP contribution in [0.5, 0.6) is 0 Å². The quantitative estimate of drug-likeness (QED) is 0.793. The lowest BCUT2D eigenvalue weighted by Gasteiger charge is -2.06. The van der Waals surface area contributed by atoms with Gasteiger partial charge in [-0.1, -0.05) is 0 Å². The second kappa shape index (κ2) is 4.91. The van der Waals surface area contributed by atoms with Crippen molar-refractivity contribution in [2.75, 3.05) is 12.3 Å². The number of nitrogen functional groups attached to an aromatic ring is 1. The third-order valence-corrected chi connectivity index (χ3v) is 2.60. The third kappa shape index (κ3) is 2.20. The van der Waals surface area contributed by atoms with Crippen molar-refractivity contribution in [1.82, 2.24) is 19.3 Å². The van der Waals surface area contributed by atoms with Crippen LogP contribution in [0, 0.1) is 0 Å². The molecule has 2 N–H and O–H groups in total. The number of hydrogen-bond donors (Lipinski definition) is 1. The summed E-state index contributed by atoms with van der Waals surface area (Å²) >= 11 is 0. The van der Waals surface area contributed by atoms with Gasteiger partial charge in [-0.25, -0.2) is 9.78 Å². The molecular weight excluding hydrogens is 234 g/mol. The van der Waals surface area contributed by atoms with Gasteiger partial charge in [0.05, 0.1) is 25.2 Å². The molecule has 0 aromatic carbocycles. The summed E-state index contributed by atoms with van der Waals surface area (Å²) in [7, 11) is 1.84. The molecule has 0 aliphatic rings. The van der Waals surface area contributed by atoms with Crippen molar-refractivity contribution in [2.24, 2.45) is 7.05 Å². The van der Waals surface area contributed by atoms with Gasteiger partial charge >= 0.3 is 5.97 Å².